The van der Waals surface area contributed by atoms with Crippen molar-refractivity contribution in [2.75, 3.05) is 5.32 Å². The van der Waals surface area contributed by atoms with Crippen molar-refractivity contribution in [3.8, 4) is 0 Å². The number of fused-ring (bicyclic) bond motifs is 1. The van der Waals surface area contributed by atoms with Gasteiger partial charge in [-0.2, -0.15) is 0 Å². The average Bonchev–Trinajstić information content (AvgIpc) is 3.27. The first-order valence-electron chi connectivity index (χ1n) is 9.01. The van der Waals surface area contributed by atoms with Gasteiger partial charge < -0.3 is 5.32 Å². The summed E-state index contributed by atoms with van der Waals surface area (Å²) >= 11 is 31.3. The van der Waals surface area contributed by atoms with E-state index in [0.29, 0.717) is 36.6 Å². The van der Waals surface area contributed by atoms with Gasteiger partial charge in [0.05, 0.1) is 25.3 Å². The third-order valence-electron chi connectivity index (χ3n) is 4.42. The Bertz CT molecular complexity index is 1470. The number of aryl methyl sites for hydroxylation is 1. The summed E-state index contributed by atoms with van der Waals surface area (Å²) in [6.07, 6.45) is 1.91. The second kappa shape index (κ2) is 9.55. The fraction of sp³-hybridized carbons (Fsp3) is 0.100. The Morgan fingerprint density at radius 1 is 1.00 bits per heavy atom. The molecule has 2 heterocycles. The normalized spacial score (nSPS) is 12.0. The van der Waals surface area contributed by atoms with Crippen molar-refractivity contribution in [1.82, 2.24) is 14.6 Å². The smallest absolute Gasteiger partial charge is 0.275 e. The largest absolute Gasteiger partial charge is 0.325 e. The minimum atomic E-state index is -0.329. The SMILES string of the molecule is O=C(CCc1nnc2s/c(=C/c3ccc(Cl)cc3Cl)c(=O)n12)Nc1cc(Cl)c(Cl)cc1Cl. The molecule has 1 amide bonds. The number of nitrogens with one attached hydrogen (secondary N) is 1. The molecule has 0 spiro atoms. The second-order valence-electron chi connectivity index (χ2n) is 6.61. The molecular formula is C20H11Cl5N4O2S. The van der Waals surface area contributed by atoms with Gasteiger partial charge in [-0.25, -0.2) is 4.40 Å². The lowest BCUT2D eigenvalue weighted by Crippen LogP contribution is -2.25. The summed E-state index contributed by atoms with van der Waals surface area (Å²) in [7, 11) is 0. The van der Waals surface area contributed by atoms with Crippen molar-refractivity contribution < 1.29 is 4.79 Å². The number of benzene rings is 2. The van der Waals surface area contributed by atoms with Crippen molar-refractivity contribution in [2.45, 2.75) is 12.8 Å². The molecule has 0 fully saturated rings. The predicted molar refractivity (Wildman–Crippen MR) is 131 cm³/mol. The van der Waals surface area contributed by atoms with Gasteiger partial charge in [0, 0.05) is 22.9 Å². The molecule has 2 aromatic heterocycles. The van der Waals surface area contributed by atoms with Crippen LogP contribution in [0, 0.1) is 0 Å². The number of hydrogen-bond acceptors (Lipinski definition) is 5. The molecule has 0 bridgehead atoms. The Balaban J connectivity index is 1.55. The van der Waals surface area contributed by atoms with E-state index in [4.69, 9.17) is 58.0 Å². The lowest BCUT2D eigenvalue weighted by atomic mass is 10.2. The molecule has 4 aromatic rings. The van der Waals surface area contributed by atoms with E-state index in [0.717, 1.165) is 0 Å². The zero-order valence-corrected chi connectivity index (χ0v) is 20.4. The molecule has 2 aromatic carbocycles. The predicted octanol–water partition coefficient (Wildman–Crippen LogP) is 5.54. The van der Waals surface area contributed by atoms with Crippen molar-refractivity contribution in [1.29, 1.82) is 0 Å². The molecule has 6 nitrogen and oxygen atoms in total. The van der Waals surface area contributed by atoms with E-state index >= 15 is 0 Å². The number of amides is 1. The fourth-order valence-corrected chi connectivity index (χ4v) is 4.87. The van der Waals surface area contributed by atoms with Crippen LogP contribution in [0.2, 0.25) is 25.1 Å². The molecule has 0 radical (unpaired) electrons. The topological polar surface area (TPSA) is 76.4 Å². The highest BCUT2D eigenvalue weighted by molar-refractivity contribution is 7.15. The summed E-state index contributed by atoms with van der Waals surface area (Å²) in [4.78, 5) is 25.7. The van der Waals surface area contributed by atoms with Crippen molar-refractivity contribution in [2.24, 2.45) is 0 Å². The summed E-state index contributed by atoms with van der Waals surface area (Å²) in [6, 6.07) is 7.93. The third-order valence-corrected chi connectivity index (χ3v) is 6.98. The van der Waals surface area contributed by atoms with Gasteiger partial charge in [-0.15, -0.1) is 10.2 Å². The minimum Gasteiger partial charge on any atom is -0.325 e. The van der Waals surface area contributed by atoms with Crippen LogP contribution in [-0.4, -0.2) is 20.5 Å². The van der Waals surface area contributed by atoms with Crippen molar-refractivity contribution >= 4 is 92.0 Å². The highest BCUT2D eigenvalue weighted by Gasteiger charge is 2.15. The number of rotatable bonds is 5. The Hall–Kier alpha value is -1.87. The standard InChI is InChI=1S/C20H11Cl5N4O2S/c21-10-2-1-9(11(22)6-10)5-16-19(31)29-17(27-28-20(29)32-16)3-4-18(30)26-15-8-13(24)12(23)7-14(15)25/h1-2,5-8H,3-4H2,(H,26,30)/b16-5+. The molecule has 1 N–H and O–H groups in total. The molecular weight excluding hydrogens is 538 g/mol. The zero-order chi connectivity index (χ0) is 23.0. The number of carbonyl (C=O) groups is 1. The van der Waals surface area contributed by atoms with E-state index in [-0.39, 0.29) is 39.4 Å². The molecule has 0 aliphatic rings. The number of hydrogen-bond donors (Lipinski definition) is 1. The van der Waals surface area contributed by atoms with Crippen LogP contribution < -0.4 is 15.4 Å². The first-order chi connectivity index (χ1) is 15.2. The van der Waals surface area contributed by atoms with Crippen LogP contribution in [0.1, 0.15) is 17.8 Å². The second-order valence-corrected chi connectivity index (χ2v) is 9.68. The average molecular weight is 549 g/mol. The van der Waals surface area contributed by atoms with Gasteiger partial charge in [-0.1, -0.05) is 75.4 Å². The number of nitrogens with zero attached hydrogens (tertiary/aromatic N) is 3. The third kappa shape index (κ3) is 4.88. The first-order valence-corrected chi connectivity index (χ1v) is 11.7. The maximum Gasteiger partial charge on any atom is 0.275 e. The van der Waals surface area contributed by atoms with Crippen LogP contribution >= 0.6 is 69.3 Å². The minimum absolute atomic E-state index is 0.0503. The Morgan fingerprint density at radius 2 is 1.75 bits per heavy atom. The van der Waals surface area contributed by atoms with Crippen molar-refractivity contribution in [3.63, 3.8) is 0 Å². The van der Waals surface area contributed by atoms with E-state index < -0.39 is 0 Å². The first kappa shape index (κ1) is 23.3. The maximum atomic E-state index is 12.9. The van der Waals surface area contributed by atoms with Gasteiger partial charge in [0.1, 0.15) is 5.82 Å². The summed E-state index contributed by atoms with van der Waals surface area (Å²) in [5.74, 6) is 0.0444. The Morgan fingerprint density at radius 3 is 2.50 bits per heavy atom. The lowest BCUT2D eigenvalue weighted by molar-refractivity contribution is -0.116. The van der Waals surface area contributed by atoms with Crippen molar-refractivity contribution in [3.05, 3.63) is 81.7 Å². The molecule has 0 unspecified atom stereocenters. The molecule has 0 saturated heterocycles. The number of aromatic nitrogens is 3. The van der Waals surface area contributed by atoms with Gasteiger partial charge in [0.2, 0.25) is 10.9 Å². The molecule has 0 aliphatic heterocycles. The van der Waals surface area contributed by atoms with E-state index in [9.17, 15) is 9.59 Å². The molecule has 0 aliphatic carbocycles. The van der Waals surface area contributed by atoms with Crippen LogP contribution in [0.4, 0.5) is 5.69 Å². The van der Waals surface area contributed by atoms with Crippen LogP contribution in [-0.2, 0) is 11.2 Å². The summed E-state index contributed by atoms with van der Waals surface area (Å²) in [5, 5.41) is 12.5. The summed E-state index contributed by atoms with van der Waals surface area (Å²) < 4.78 is 1.83. The Kier molecular flexibility index (Phi) is 6.95. The van der Waals surface area contributed by atoms with E-state index in [1.807, 2.05) is 0 Å². The molecule has 4 rings (SSSR count). The van der Waals surface area contributed by atoms with Crippen LogP contribution in [0.3, 0.4) is 0 Å². The molecule has 0 saturated carbocycles. The molecule has 12 heteroatoms. The summed E-state index contributed by atoms with van der Waals surface area (Å²) in [6.45, 7) is 0. The number of halogens is 5. The maximum absolute atomic E-state index is 12.9. The monoisotopic (exact) mass is 546 g/mol. The van der Waals surface area contributed by atoms with Gasteiger partial charge >= 0.3 is 0 Å². The molecule has 0 atom stereocenters. The zero-order valence-electron chi connectivity index (χ0n) is 15.8. The Labute approximate surface area is 210 Å². The van der Waals surface area contributed by atoms with Gasteiger partial charge in [0.15, 0.2) is 0 Å². The van der Waals surface area contributed by atoms with E-state index in [1.165, 1.54) is 27.9 Å². The van der Waals surface area contributed by atoms with Gasteiger partial charge in [0.25, 0.3) is 5.56 Å². The van der Waals surface area contributed by atoms with Gasteiger partial charge in [-0.3, -0.25) is 9.59 Å². The van der Waals surface area contributed by atoms with Crippen LogP contribution in [0.5, 0.6) is 0 Å². The highest BCUT2D eigenvalue weighted by Crippen LogP contribution is 2.32. The quantitative estimate of drug-likeness (QED) is 0.333. The van der Waals surface area contributed by atoms with E-state index in [2.05, 4.69) is 15.5 Å². The highest BCUT2D eigenvalue weighted by atomic mass is 35.5. The van der Waals surface area contributed by atoms with Gasteiger partial charge in [-0.05, 0) is 35.9 Å². The lowest BCUT2D eigenvalue weighted by Gasteiger charge is -2.08. The number of thiazole rings is 1. The number of carbonyl (C=O) groups excluding carboxylic acids is 1. The molecule has 32 heavy (non-hydrogen) atoms. The van der Waals surface area contributed by atoms with E-state index in [1.54, 1.807) is 24.3 Å². The summed E-state index contributed by atoms with van der Waals surface area (Å²) in [5.41, 5.74) is 0.711. The van der Waals surface area contributed by atoms with Crippen LogP contribution in [0.25, 0.3) is 11.0 Å². The molecule has 164 valence electrons. The van der Waals surface area contributed by atoms with Crippen LogP contribution in [0.15, 0.2) is 35.1 Å². The fourth-order valence-electron chi connectivity index (χ4n) is 2.89. The number of anilines is 1.